The van der Waals surface area contributed by atoms with E-state index < -0.39 is 24.0 Å². The van der Waals surface area contributed by atoms with Gasteiger partial charge in [0.25, 0.3) is 5.91 Å². The number of benzene rings is 1. The zero-order valence-corrected chi connectivity index (χ0v) is 10.7. The maximum atomic E-state index is 11.5. The number of hydrogen-bond donors (Lipinski definition) is 3. The van der Waals surface area contributed by atoms with Crippen LogP contribution in [0.3, 0.4) is 0 Å². The molecule has 1 aromatic carbocycles. The number of ether oxygens (including phenoxy) is 1. The summed E-state index contributed by atoms with van der Waals surface area (Å²) in [6.07, 6.45) is -0.537. The number of fused-ring (bicyclic) bond motifs is 1. The highest BCUT2D eigenvalue weighted by Crippen LogP contribution is 2.33. The smallest absolute Gasteiger partial charge is 0.308 e. The SMILES string of the molecule is CC1Oc2ccc(C(N)C(C)C(=O)O)cc2NC1=O. The van der Waals surface area contributed by atoms with Crippen LogP contribution in [0.15, 0.2) is 18.2 Å². The summed E-state index contributed by atoms with van der Waals surface area (Å²) in [4.78, 5) is 22.4. The second-order valence-corrected chi connectivity index (χ2v) is 4.66. The van der Waals surface area contributed by atoms with Crippen LogP contribution in [-0.2, 0) is 9.59 Å². The van der Waals surface area contributed by atoms with Crippen molar-refractivity contribution >= 4 is 17.6 Å². The molecule has 6 nitrogen and oxygen atoms in total. The van der Waals surface area contributed by atoms with Crippen molar-refractivity contribution in [3.8, 4) is 5.75 Å². The van der Waals surface area contributed by atoms with Gasteiger partial charge in [0.2, 0.25) is 0 Å². The molecule has 6 heteroatoms. The minimum atomic E-state index is -0.959. The standard InChI is InChI=1S/C13H16N2O4/c1-6(13(17)18)11(14)8-3-4-10-9(5-8)15-12(16)7(2)19-10/h3-7,11H,14H2,1-2H3,(H,15,16)(H,17,18). The molecule has 0 radical (unpaired) electrons. The van der Waals surface area contributed by atoms with E-state index in [2.05, 4.69) is 5.32 Å². The largest absolute Gasteiger partial charge is 0.481 e. The number of anilines is 1. The molecule has 1 aliphatic rings. The van der Waals surface area contributed by atoms with Gasteiger partial charge in [-0.2, -0.15) is 0 Å². The summed E-state index contributed by atoms with van der Waals surface area (Å²) in [6.45, 7) is 3.20. The van der Waals surface area contributed by atoms with Crippen LogP contribution in [0.4, 0.5) is 5.69 Å². The summed E-state index contributed by atoms with van der Waals surface area (Å²) in [5.41, 5.74) is 7.07. The number of carboxylic acid groups (broad SMARTS) is 1. The lowest BCUT2D eigenvalue weighted by Gasteiger charge is -2.25. The first-order valence-electron chi connectivity index (χ1n) is 6.00. The van der Waals surface area contributed by atoms with Crippen molar-refractivity contribution in [3.05, 3.63) is 23.8 Å². The van der Waals surface area contributed by atoms with E-state index in [9.17, 15) is 9.59 Å². The number of aliphatic carboxylic acids is 1. The molecule has 0 saturated carbocycles. The van der Waals surface area contributed by atoms with Gasteiger partial charge in [0.1, 0.15) is 5.75 Å². The number of hydrogen-bond acceptors (Lipinski definition) is 4. The van der Waals surface area contributed by atoms with Gasteiger partial charge in [0.15, 0.2) is 6.10 Å². The Bertz CT molecular complexity index is 529. The first-order valence-corrected chi connectivity index (χ1v) is 6.00. The summed E-state index contributed by atoms with van der Waals surface area (Å²) in [6, 6.07) is 4.42. The van der Waals surface area contributed by atoms with Gasteiger partial charge in [0, 0.05) is 6.04 Å². The molecule has 3 unspecified atom stereocenters. The number of nitrogens with two attached hydrogens (primary N) is 1. The van der Waals surface area contributed by atoms with Crippen LogP contribution < -0.4 is 15.8 Å². The summed E-state index contributed by atoms with van der Waals surface area (Å²) in [5, 5.41) is 11.7. The Labute approximate surface area is 110 Å². The fraction of sp³-hybridized carbons (Fsp3) is 0.385. The molecular formula is C13H16N2O4. The van der Waals surface area contributed by atoms with Crippen LogP contribution in [0.1, 0.15) is 25.5 Å². The molecule has 1 amide bonds. The number of rotatable bonds is 3. The fourth-order valence-corrected chi connectivity index (χ4v) is 1.88. The van der Waals surface area contributed by atoms with Crippen LogP contribution in [-0.4, -0.2) is 23.1 Å². The molecule has 102 valence electrons. The third-order valence-corrected chi connectivity index (χ3v) is 3.25. The van der Waals surface area contributed by atoms with Crippen LogP contribution >= 0.6 is 0 Å². The predicted octanol–water partition coefficient (Wildman–Crippen LogP) is 1.13. The molecule has 0 saturated heterocycles. The maximum Gasteiger partial charge on any atom is 0.308 e. The number of amides is 1. The van der Waals surface area contributed by atoms with Gasteiger partial charge < -0.3 is 20.9 Å². The summed E-state index contributed by atoms with van der Waals surface area (Å²) in [7, 11) is 0. The van der Waals surface area contributed by atoms with Crippen molar-refractivity contribution in [1.29, 1.82) is 0 Å². The van der Waals surface area contributed by atoms with E-state index >= 15 is 0 Å². The minimum Gasteiger partial charge on any atom is -0.481 e. The molecule has 0 spiro atoms. The third kappa shape index (κ3) is 2.53. The van der Waals surface area contributed by atoms with E-state index in [0.29, 0.717) is 17.0 Å². The fourth-order valence-electron chi connectivity index (χ4n) is 1.88. The molecule has 1 aromatic rings. The lowest BCUT2D eigenvalue weighted by molar-refractivity contribution is -0.141. The highest BCUT2D eigenvalue weighted by molar-refractivity contribution is 5.97. The molecule has 0 aliphatic carbocycles. The first-order chi connectivity index (χ1) is 8.90. The average Bonchev–Trinajstić information content (AvgIpc) is 2.37. The number of carbonyl (C=O) groups excluding carboxylic acids is 1. The summed E-state index contributed by atoms with van der Waals surface area (Å²) < 4.78 is 5.42. The zero-order chi connectivity index (χ0) is 14.2. The van der Waals surface area contributed by atoms with E-state index in [-0.39, 0.29) is 5.91 Å². The van der Waals surface area contributed by atoms with Crippen LogP contribution in [0.2, 0.25) is 0 Å². The molecular weight excluding hydrogens is 248 g/mol. The Morgan fingerprint density at radius 3 is 2.84 bits per heavy atom. The van der Waals surface area contributed by atoms with E-state index in [1.807, 2.05) is 0 Å². The van der Waals surface area contributed by atoms with Crippen LogP contribution in [0.25, 0.3) is 0 Å². The zero-order valence-electron chi connectivity index (χ0n) is 10.7. The molecule has 0 bridgehead atoms. The molecule has 4 N–H and O–H groups in total. The lowest BCUT2D eigenvalue weighted by atomic mass is 9.95. The molecule has 1 aliphatic heterocycles. The third-order valence-electron chi connectivity index (χ3n) is 3.25. The van der Waals surface area contributed by atoms with E-state index in [1.165, 1.54) is 0 Å². The van der Waals surface area contributed by atoms with Gasteiger partial charge >= 0.3 is 5.97 Å². The van der Waals surface area contributed by atoms with E-state index in [0.717, 1.165) is 0 Å². The van der Waals surface area contributed by atoms with E-state index in [1.54, 1.807) is 32.0 Å². The Kier molecular flexibility index (Phi) is 3.44. The molecule has 0 fully saturated rings. The van der Waals surface area contributed by atoms with Gasteiger partial charge in [-0.15, -0.1) is 0 Å². The van der Waals surface area contributed by atoms with Crippen LogP contribution in [0, 0.1) is 5.92 Å². The van der Waals surface area contributed by atoms with E-state index in [4.69, 9.17) is 15.6 Å². The maximum absolute atomic E-state index is 11.5. The molecule has 3 atom stereocenters. The first kappa shape index (κ1) is 13.4. The Hall–Kier alpha value is -2.08. The van der Waals surface area contributed by atoms with Gasteiger partial charge in [-0.05, 0) is 24.6 Å². The predicted molar refractivity (Wildman–Crippen MR) is 68.9 cm³/mol. The topological polar surface area (TPSA) is 102 Å². The van der Waals surface area contributed by atoms with Crippen molar-refractivity contribution < 1.29 is 19.4 Å². The second-order valence-electron chi connectivity index (χ2n) is 4.66. The lowest BCUT2D eigenvalue weighted by Crippen LogP contribution is -2.34. The minimum absolute atomic E-state index is 0.232. The molecule has 19 heavy (non-hydrogen) atoms. The van der Waals surface area contributed by atoms with Crippen molar-refractivity contribution in [3.63, 3.8) is 0 Å². The van der Waals surface area contributed by atoms with Crippen molar-refractivity contribution in [2.45, 2.75) is 26.0 Å². The summed E-state index contributed by atoms with van der Waals surface area (Å²) in [5.74, 6) is -1.34. The average molecular weight is 264 g/mol. The highest BCUT2D eigenvalue weighted by atomic mass is 16.5. The van der Waals surface area contributed by atoms with Gasteiger partial charge in [-0.1, -0.05) is 13.0 Å². The van der Waals surface area contributed by atoms with Crippen LogP contribution in [0.5, 0.6) is 5.75 Å². The van der Waals surface area contributed by atoms with Gasteiger partial charge in [-0.25, -0.2) is 0 Å². The second kappa shape index (κ2) is 4.89. The monoisotopic (exact) mass is 264 g/mol. The van der Waals surface area contributed by atoms with Gasteiger partial charge in [0.05, 0.1) is 11.6 Å². The summed E-state index contributed by atoms with van der Waals surface area (Å²) >= 11 is 0. The molecule has 1 heterocycles. The Morgan fingerprint density at radius 2 is 2.21 bits per heavy atom. The van der Waals surface area contributed by atoms with Crippen molar-refractivity contribution in [1.82, 2.24) is 0 Å². The number of nitrogens with one attached hydrogen (secondary N) is 1. The van der Waals surface area contributed by atoms with Crippen molar-refractivity contribution in [2.75, 3.05) is 5.32 Å². The molecule has 2 rings (SSSR count). The Morgan fingerprint density at radius 1 is 1.53 bits per heavy atom. The Balaban J connectivity index is 2.29. The quantitative estimate of drug-likeness (QED) is 0.759. The molecule has 0 aromatic heterocycles. The highest BCUT2D eigenvalue weighted by Gasteiger charge is 2.26. The number of carbonyl (C=O) groups is 2. The number of carboxylic acids is 1. The normalized spacial score (nSPS) is 20.8. The van der Waals surface area contributed by atoms with Crippen molar-refractivity contribution in [2.24, 2.45) is 11.7 Å². The van der Waals surface area contributed by atoms with Gasteiger partial charge in [-0.3, -0.25) is 9.59 Å².